The maximum Gasteiger partial charge on any atom is 0.409 e. The molecule has 0 radical (unpaired) electrons. The zero-order chi connectivity index (χ0) is 27.1. The highest BCUT2D eigenvalue weighted by Gasteiger charge is 2.14. The van der Waals surface area contributed by atoms with Crippen LogP contribution < -0.4 is 5.32 Å². The van der Waals surface area contributed by atoms with E-state index < -0.39 is 0 Å². The Hall–Kier alpha value is -1.29. The van der Waals surface area contributed by atoms with Crippen LogP contribution in [0, 0.1) is 0 Å². The Bertz CT molecular complexity index is 518. The topological polar surface area (TPSA) is 41.6 Å². The van der Waals surface area contributed by atoms with Crippen molar-refractivity contribution in [3.63, 3.8) is 0 Å². The van der Waals surface area contributed by atoms with Crippen LogP contribution in [0.4, 0.5) is 4.79 Å². The molecule has 4 nitrogen and oxygen atoms in total. The minimum Gasteiger partial charge on any atom is -0.449 e. The number of amides is 1. The van der Waals surface area contributed by atoms with Gasteiger partial charge < -0.3 is 15.0 Å². The molecule has 0 atom stereocenters. The summed E-state index contributed by atoms with van der Waals surface area (Å²) < 4.78 is 5.54. The summed E-state index contributed by atoms with van der Waals surface area (Å²) in [5.41, 5.74) is 0. The third-order valence-corrected chi connectivity index (χ3v) is 6.97. The van der Waals surface area contributed by atoms with Gasteiger partial charge in [0.2, 0.25) is 0 Å². The number of hydrogen-bond acceptors (Lipinski definition) is 3. The minimum atomic E-state index is -0.119. The lowest BCUT2D eigenvalue weighted by atomic mass is 10.1. The summed E-state index contributed by atoms with van der Waals surface area (Å²) in [5.74, 6) is 0. The molecule has 0 unspecified atom stereocenters. The number of nitrogens with one attached hydrogen (secondary N) is 1. The van der Waals surface area contributed by atoms with Gasteiger partial charge in [-0.1, -0.05) is 122 Å². The second kappa shape index (κ2) is 30.9. The van der Waals surface area contributed by atoms with Crippen LogP contribution in [-0.2, 0) is 4.74 Å². The van der Waals surface area contributed by atoms with Crippen LogP contribution in [0.5, 0.6) is 0 Å². The molecule has 0 rings (SSSR count). The van der Waals surface area contributed by atoms with Crippen molar-refractivity contribution in [1.29, 1.82) is 0 Å². The smallest absolute Gasteiger partial charge is 0.409 e. The molecule has 0 aromatic carbocycles. The standard InChI is InChI=1S/C33H64N2O2/c1-4-6-8-10-12-14-15-16-17-18-19-20-21-23-25-27-31-35(33(36)37-32-28-29-34-3)30-26-24-22-13-11-9-7-5-2/h16-17,19-20,34H,4-15,18,21-32H2,1-3H3/b17-16-,20-19+. The van der Waals surface area contributed by atoms with E-state index in [1.54, 1.807) is 0 Å². The van der Waals surface area contributed by atoms with Crippen LogP contribution in [0.3, 0.4) is 0 Å². The van der Waals surface area contributed by atoms with E-state index in [0.29, 0.717) is 6.61 Å². The number of allylic oxidation sites excluding steroid dienone is 4. The SMILES string of the molecule is CCCCCCCC/C=C\C/C=C/CCCCCN(CCCCCCCCCC)C(=O)OCCCNC. The summed E-state index contributed by atoms with van der Waals surface area (Å²) in [7, 11) is 1.93. The van der Waals surface area contributed by atoms with Crippen molar-refractivity contribution in [2.45, 2.75) is 149 Å². The van der Waals surface area contributed by atoms with Gasteiger partial charge in [0.15, 0.2) is 0 Å². The van der Waals surface area contributed by atoms with Crippen LogP contribution in [-0.4, -0.2) is 44.3 Å². The number of nitrogens with zero attached hydrogens (tertiary/aromatic N) is 1. The first kappa shape index (κ1) is 35.7. The number of carbonyl (C=O) groups is 1. The normalized spacial score (nSPS) is 11.6. The number of unbranched alkanes of at least 4 members (excludes halogenated alkanes) is 16. The molecule has 218 valence electrons. The van der Waals surface area contributed by atoms with Gasteiger partial charge in [-0.3, -0.25) is 0 Å². The van der Waals surface area contributed by atoms with Gasteiger partial charge in [-0.25, -0.2) is 4.79 Å². The molecular weight excluding hydrogens is 456 g/mol. The van der Waals surface area contributed by atoms with Crippen LogP contribution in [0.25, 0.3) is 0 Å². The van der Waals surface area contributed by atoms with Crippen molar-refractivity contribution in [2.75, 3.05) is 33.3 Å². The molecule has 0 saturated heterocycles. The van der Waals surface area contributed by atoms with E-state index in [4.69, 9.17) is 4.74 Å². The predicted octanol–water partition coefficient (Wildman–Crippen LogP) is 9.99. The molecule has 0 aliphatic rings. The van der Waals surface area contributed by atoms with E-state index >= 15 is 0 Å². The predicted molar refractivity (Wildman–Crippen MR) is 163 cm³/mol. The monoisotopic (exact) mass is 520 g/mol. The van der Waals surface area contributed by atoms with Crippen molar-refractivity contribution in [3.8, 4) is 0 Å². The molecule has 0 bridgehead atoms. The van der Waals surface area contributed by atoms with Crippen molar-refractivity contribution >= 4 is 6.09 Å². The van der Waals surface area contributed by atoms with Gasteiger partial charge in [0, 0.05) is 13.1 Å². The minimum absolute atomic E-state index is 0.119. The third kappa shape index (κ3) is 27.6. The summed E-state index contributed by atoms with van der Waals surface area (Å²) in [6, 6.07) is 0. The summed E-state index contributed by atoms with van der Waals surface area (Å²) in [5, 5.41) is 3.11. The van der Waals surface area contributed by atoms with Gasteiger partial charge >= 0.3 is 6.09 Å². The fraction of sp³-hybridized carbons (Fsp3) is 0.848. The van der Waals surface area contributed by atoms with E-state index in [1.807, 2.05) is 11.9 Å². The zero-order valence-electron chi connectivity index (χ0n) is 25.3. The van der Waals surface area contributed by atoms with Crippen molar-refractivity contribution in [1.82, 2.24) is 10.2 Å². The Morgan fingerprint density at radius 2 is 1.08 bits per heavy atom. The van der Waals surface area contributed by atoms with Gasteiger partial charge in [0.1, 0.15) is 0 Å². The summed E-state index contributed by atoms with van der Waals surface area (Å²) in [6.07, 6.45) is 35.4. The third-order valence-electron chi connectivity index (χ3n) is 6.97. The fourth-order valence-electron chi connectivity index (χ4n) is 4.52. The van der Waals surface area contributed by atoms with Crippen molar-refractivity contribution in [3.05, 3.63) is 24.3 Å². The Labute approximate surface area is 232 Å². The lowest BCUT2D eigenvalue weighted by Crippen LogP contribution is -2.34. The number of carbonyl (C=O) groups excluding carboxylic acids is 1. The van der Waals surface area contributed by atoms with Crippen molar-refractivity contribution in [2.24, 2.45) is 0 Å². The molecule has 0 aliphatic heterocycles. The second-order valence-electron chi connectivity index (χ2n) is 10.6. The van der Waals surface area contributed by atoms with Gasteiger partial charge in [-0.15, -0.1) is 0 Å². The summed E-state index contributed by atoms with van der Waals surface area (Å²) in [6.45, 7) is 7.59. The Morgan fingerprint density at radius 3 is 1.59 bits per heavy atom. The lowest BCUT2D eigenvalue weighted by Gasteiger charge is -2.22. The van der Waals surface area contributed by atoms with E-state index in [-0.39, 0.29) is 6.09 Å². The molecule has 4 heteroatoms. The summed E-state index contributed by atoms with van der Waals surface area (Å²) >= 11 is 0. The van der Waals surface area contributed by atoms with Crippen LogP contribution in [0.2, 0.25) is 0 Å². The highest BCUT2D eigenvalue weighted by atomic mass is 16.6. The van der Waals surface area contributed by atoms with Gasteiger partial charge in [-0.05, 0) is 65.0 Å². The molecule has 37 heavy (non-hydrogen) atoms. The molecule has 0 saturated carbocycles. The lowest BCUT2D eigenvalue weighted by molar-refractivity contribution is 0.0998. The Balaban J connectivity index is 3.95. The average molecular weight is 521 g/mol. The van der Waals surface area contributed by atoms with E-state index in [1.165, 1.54) is 103 Å². The fourth-order valence-corrected chi connectivity index (χ4v) is 4.52. The maximum atomic E-state index is 12.6. The van der Waals surface area contributed by atoms with Gasteiger partial charge in [-0.2, -0.15) is 0 Å². The Morgan fingerprint density at radius 1 is 0.622 bits per heavy atom. The quantitative estimate of drug-likeness (QED) is 0.0824. The second-order valence-corrected chi connectivity index (χ2v) is 10.6. The molecule has 1 N–H and O–H groups in total. The first-order chi connectivity index (χ1) is 18.3. The molecule has 0 heterocycles. The van der Waals surface area contributed by atoms with Crippen LogP contribution in [0.15, 0.2) is 24.3 Å². The van der Waals surface area contributed by atoms with Crippen molar-refractivity contribution < 1.29 is 9.53 Å². The number of hydrogen-bond donors (Lipinski definition) is 1. The molecule has 0 spiro atoms. The van der Waals surface area contributed by atoms with E-state index in [2.05, 4.69) is 43.5 Å². The maximum absolute atomic E-state index is 12.6. The van der Waals surface area contributed by atoms with Crippen LogP contribution >= 0.6 is 0 Å². The molecule has 0 aliphatic carbocycles. The average Bonchev–Trinajstić information content (AvgIpc) is 2.91. The van der Waals surface area contributed by atoms with Crippen LogP contribution in [0.1, 0.15) is 149 Å². The van der Waals surface area contributed by atoms with E-state index in [0.717, 1.165) is 51.7 Å². The Kier molecular flexibility index (Phi) is 29.9. The first-order valence-corrected chi connectivity index (χ1v) is 16.1. The molecule has 0 aromatic heterocycles. The highest BCUT2D eigenvalue weighted by molar-refractivity contribution is 5.67. The molecule has 1 amide bonds. The van der Waals surface area contributed by atoms with E-state index in [9.17, 15) is 4.79 Å². The number of rotatable bonds is 28. The number of ether oxygens (including phenoxy) is 1. The zero-order valence-corrected chi connectivity index (χ0v) is 25.3. The molecule has 0 aromatic rings. The molecule has 0 fully saturated rings. The summed E-state index contributed by atoms with van der Waals surface area (Å²) in [4.78, 5) is 14.6. The highest BCUT2D eigenvalue weighted by Crippen LogP contribution is 2.11. The van der Waals surface area contributed by atoms with Gasteiger partial charge in [0.25, 0.3) is 0 Å². The largest absolute Gasteiger partial charge is 0.449 e. The molecular formula is C33H64N2O2. The first-order valence-electron chi connectivity index (χ1n) is 16.1. The van der Waals surface area contributed by atoms with Gasteiger partial charge in [0.05, 0.1) is 6.61 Å².